The zero-order valence-corrected chi connectivity index (χ0v) is 10.8. The van der Waals surface area contributed by atoms with E-state index in [0.29, 0.717) is 29.0 Å². The molecule has 6 heteroatoms. The molecule has 0 saturated heterocycles. The molecule has 0 amide bonds. The molecule has 1 aromatic heterocycles. The molecule has 0 bridgehead atoms. The van der Waals surface area contributed by atoms with Crippen LogP contribution in [0.1, 0.15) is 5.82 Å². The summed E-state index contributed by atoms with van der Waals surface area (Å²) in [7, 11) is 3.14. The van der Waals surface area contributed by atoms with Gasteiger partial charge in [-0.05, 0) is 12.1 Å². The van der Waals surface area contributed by atoms with Crippen LogP contribution in [0.15, 0.2) is 30.3 Å². The molecular formula is C13H15N3O3. The predicted molar refractivity (Wildman–Crippen MR) is 70.2 cm³/mol. The van der Waals surface area contributed by atoms with Gasteiger partial charge in [0.2, 0.25) is 5.88 Å². The van der Waals surface area contributed by atoms with E-state index in [2.05, 4.69) is 9.97 Å². The number of hydrogen-bond donors (Lipinski definition) is 1. The highest BCUT2D eigenvalue weighted by Crippen LogP contribution is 2.30. The maximum Gasteiger partial charge on any atom is 0.224 e. The van der Waals surface area contributed by atoms with Crippen LogP contribution in [0.2, 0.25) is 0 Å². The number of methoxy groups -OCH3 is 2. The first-order valence-electron chi connectivity index (χ1n) is 5.66. The second kappa shape index (κ2) is 6.01. The van der Waals surface area contributed by atoms with Crippen LogP contribution >= 0.6 is 0 Å². The monoisotopic (exact) mass is 261 g/mol. The Morgan fingerprint density at radius 2 is 1.84 bits per heavy atom. The van der Waals surface area contributed by atoms with Crippen LogP contribution < -0.4 is 15.2 Å². The lowest BCUT2D eigenvalue weighted by Gasteiger charge is -2.10. The Bertz CT molecular complexity index is 561. The van der Waals surface area contributed by atoms with E-state index in [1.165, 1.54) is 0 Å². The Kier molecular flexibility index (Phi) is 4.15. The summed E-state index contributed by atoms with van der Waals surface area (Å²) in [6.45, 7) is 0.271. The smallest absolute Gasteiger partial charge is 0.224 e. The SMILES string of the molecule is COCc1nc(N)cc(Oc2ccccc2OC)n1. The van der Waals surface area contributed by atoms with E-state index in [1.54, 1.807) is 32.4 Å². The van der Waals surface area contributed by atoms with Crippen LogP contribution in [0, 0.1) is 0 Å². The van der Waals surface area contributed by atoms with E-state index in [4.69, 9.17) is 19.9 Å². The van der Waals surface area contributed by atoms with Gasteiger partial charge in [0, 0.05) is 13.2 Å². The molecule has 2 N–H and O–H groups in total. The molecule has 1 heterocycles. The molecule has 0 radical (unpaired) electrons. The highest BCUT2D eigenvalue weighted by molar-refractivity contribution is 5.43. The van der Waals surface area contributed by atoms with Crippen LogP contribution in [-0.2, 0) is 11.3 Å². The Balaban J connectivity index is 2.27. The topological polar surface area (TPSA) is 79.5 Å². The van der Waals surface area contributed by atoms with Crippen molar-refractivity contribution in [2.75, 3.05) is 20.0 Å². The minimum Gasteiger partial charge on any atom is -0.493 e. The van der Waals surface area contributed by atoms with Crippen LogP contribution in [0.3, 0.4) is 0 Å². The van der Waals surface area contributed by atoms with Crippen molar-refractivity contribution in [3.63, 3.8) is 0 Å². The highest BCUT2D eigenvalue weighted by atomic mass is 16.5. The minimum absolute atomic E-state index is 0.271. The number of rotatable bonds is 5. The lowest BCUT2D eigenvalue weighted by atomic mass is 10.3. The van der Waals surface area contributed by atoms with Crippen molar-refractivity contribution in [2.45, 2.75) is 6.61 Å². The number of benzene rings is 1. The number of ether oxygens (including phenoxy) is 3. The van der Waals surface area contributed by atoms with E-state index >= 15 is 0 Å². The summed E-state index contributed by atoms with van der Waals surface area (Å²) in [6, 6.07) is 8.84. The van der Waals surface area contributed by atoms with Gasteiger partial charge in [-0.3, -0.25) is 0 Å². The van der Waals surface area contributed by atoms with E-state index in [9.17, 15) is 0 Å². The number of nitrogens with zero attached hydrogens (tertiary/aromatic N) is 2. The van der Waals surface area contributed by atoms with E-state index in [-0.39, 0.29) is 6.61 Å². The maximum atomic E-state index is 5.70. The summed E-state index contributed by atoms with van der Waals surface area (Å²) in [4.78, 5) is 8.24. The molecule has 6 nitrogen and oxygen atoms in total. The molecule has 0 aliphatic carbocycles. The lowest BCUT2D eigenvalue weighted by Crippen LogP contribution is -2.02. The lowest BCUT2D eigenvalue weighted by molar-refractivity contribution is 0.177. The third kappa shape index (κ3) is 3.32. The Morgan fingerprint density at radius 1 is 1.11 bits per heavy atom. The molecule has 0 aliphatic rings. The molecule has 0 unspecified atom stereocenters. The van der Waals surface area contributed by atoms with Crippen LogP contribution in [0.4, 0.5) is 5.82 Å². The van der Waals surface area contributed by atoms with Crippen molar-refractivity contribution in [3.05, 3.63) is 36.2 Å². The zero-order valence-electron chi connectivity index (χ0n) is 10.8. The van der Waals surface area contributed by atoms with Crippen molar-refractivity contribution < 1.29 is 14.2 Å². The Hall–Kier alpha value is -2.34. The van der Waals surface area contributed by atoms with Gasteiger partial charge in [0.1, 0.15) is 12.4 Å². The number of nitrogen functional groups attached to an aromatic ring is 1. The fourth-order valence-electron chi connectivity index (χ4n) is 1.55. The summed E-state index contributed by atoms with van der Waals surface area (Å²) in [5.41, 5.74) is 5.70. The summed E-state index contributed by atoms with van der Waals surface area (Å²) < 4.78 is 15.8. The molecule has 0 spiro atoms. The molecule has 100 valence electrons. The van der Waals surface area contributed by atoms with Gasteiger partial charge in [0.25, 0.3) is 0 Å². The largest absolute Gasteiger partial charge is 0.493 e. The summed E-state index contributed by atoms with van der Waals surface area (Å²) in [5, 5.41) is 0. The Morgan fingerprint density at radius 3 is 2.53 bits per heavy atom. The fraction of sp³-hybridized carbons (Fsp3) is 0.231. The third-order valence-corrected chi connectivity index (χ3v) is 2.33. The number of nitrogens with two attached hydrogens (primary N) is 1. The number of hydrogen-bond acceptors (Lipinski definition) is 6. The van der Waals surface area contributed by atoms with Crippen molar-refractivity contribution in [2.24, 2.45) is 0 Å². The molecular weight excluding hydrogens is 246 g/mol. The minimum atomic E-state index is 0.271. The van der Waals surface area contributed by atoms with Crippen molar-refractivity contribution in [1.82, 2.24) is 9.97 Å². The van der Waals surface area contributed by atoms with Gasteiger partial charge < -0.3 is 19.9 Å². The van der Waals surface area contributed by atoms with Crippen LogP contribution in [0.25, 0.3) is 0 Å². The second-order valence-corrected chi connectivity index (χ2v) is 3.73. The molecule has 0 aliphatic heterocycles. The quantitative estimate of drug-likeness (QED) is 0.886. The number of para-hydroxylation sites is 2. The highest BCUT2D eigenvalue weighted by Gasteiger charge is 2.08. The maximum absolute atomic E-state index is 5.70. The van der Waals surface area contributed by atoms with Crippen molar-refractivity contribution in [1.29, 1.82) is 0 Å². The molecule has 1 aromatic carbocycles. The van der Waals surface area contributed by atoms with E-state index in [0.717, 1.165) is 0 Å². The number of aromatic nitrogens is 2. The van der Waals surface area contributed by atoms with Gasteiger partial charge in [-0.25, -0.2) is 4.98 Å². The molecule has 0 fully saturated rings. The van der Waals surface area contributed by atoms with Gasteiger partial charge in [0.05, 0.1) is 7.11 Å². The molecule has 0 atom stereocenters. The first kappa shape index (κ1) is 13.1. The van der Waals surface area contributed by atoms with Crippen LogP contribution in [-0.4, -0.2) is 24.2 Å². The first-order valence-corrected chi connectivity index (χ1v) is 5.66. The number of anilines is 1. The van der Waals surface area contributed by atoms with Gasteiger partial charge in [-0.1, -0.05) is 12.1 Å². The van der Waals surface area contributed by atoms with Crippen molar-refractivity contribution >= 4 is 5.82 Å². The van der Waals surface area contributed by atoms with E-state index < -0.39 is 0 Å². The van der Waals surface area contributed by atoms with Crippen molar-refractivity contribution in [3.8, 4) is 17.4 Å². The summed E-state index contributed by atoms with van der Waals surface area (Å²) >= 11 is 0. The van der Waals surface area contributed by atoms with Gasteiger partial charge in [-0.15, -0.1) is 0 Å². The van der Waals surface area contributed by atoms with Crippen LogP contribution in [0.5, 0.6) is 17.4 Å². The predicted octanol–water partition coefficient (Wildman–Crippen LogP) is 2.01. The second-order valence-electron chi connectivity index (χ2n) is 3.73. The molecule has 0 saturated carbocycles. The average molecular weight is 261 g/mol. The first-order chi connectivity index (χ1) is 9.22. The van der Waals surface area contributed by atoms with Gasteiger partial charge >= 0.3 is 0 Å². The summed E-state index contributed by atoms with van der Waals surface area (Å²) in [5.74, 6) is 2.32. The molecule has 19 heavy (non-hydrogen) atoms. The molecule has 2 rings (SSSR count). The van der Waals surface area contributed by atoms with Gasteiger partial charge in [-0.2, -0.15) is 4.98 Å². The third-order valence-electron chi connectivity index (χ3n) is 2.33. The standard InChI is InChI=1S/C13H15N3O3/c1-17-8-12-15-11(14)7-13(16-12)19-10-6-4-3-5-9(10)18-2/h3-7H,8H2,1-2H3,(H2,14,15,16). The molecule has 2 aromatic rings. The summed E-state index contributed by atoms with van der Waals surface area (Å²) in [6.07, 6.45) is 0. The Labute approximate surface area is 111 Å². The van der Waals surface area contributed by atoms with E-state index in [1.807, 2.05) is 12.1 Å². The normalized spacial score (nSPS) is 10.2. The fourth-order valence-corrected chi connectivity index (χ4v) is 1.55. The zero-order chi connectivity index (χ0) is 13.7. The average Bonchev–Trinajstić information content (AvgIpc) is 2.39. The van der Waals surface area contributed by atoms with Gasteiger partial charge in [0.15, 0.2) is 17.3 Å².